The van der Waals surface area contributed by atoms with Crippen molar-refractivity contribution in [3.63, 3.8) is 0 Å². The molecule has 1 heterocycles. The standard InChI is InChI=1S/C21H19ClN2O5/c1-12(14-7-5-6-10-17(14)22)23-18(25)11-29-21(28)13(2)24-19(26)15-8-3-4-9-16(15)20(24)27/h3-10,12-13H,11H2,1-2H3,(H,23,25)/t12-,13+/m1/s1. The Labute approximate surface area is 172 Å². The van der Waals surface area contributed by atoms with Crippen molar-refractivity contribution in [2.24, 2.45) is 0 Å². The molecule has 2 aromatic rings. The van der Waals surface area contributed by atoms with Gasteiger partial charge in [-0.1, -0.05) is 41.9 Å². The van der Waals surface area contributed by atoms with E-state index in [0.29, 0.717) is 5.02 Å². The number of nitrogens with zero attached hydrogens (tertiary/aromatic N) is 1. The van der Waals surface area contributed by atoms with Crippen LogP contribution in [0, 0.1) is 0 Å². The van der Waals surface area contributed by atoms with E-state index < -0.39 is 36.3 Å². The Hall–Kier alpha value is -3.19. The van der Waals surface area contributed by atoms with Crippen LogP contribution in [-0.2, 0) is 14.3 Å². The molecule has 2 atom stereocenters. The van der Waals surface area contributed by atoms with Gasteiger partial charge in [0.05, 0.1) is 17.2 Å². The van der Waals surface area contributed by atoms with Crippen LogP contribution in [-0.4, -0.2) is 41.2 Å². The summed E-state index contributed by atoms with van der Waals surface area (Å²) >= 11 is 6.10. The number of carbonyl (C=O) groups is 4. The number of hydrogen-bond donors (Lipinski definition) is 1. The second-order valence-corrected chi connectivity index (χ2v) is 7.03. The summed E-state index contributed by atoms with van der Waals surface area (Å²) in [5.41, 5.74) is 1.21. The highest BCUT2D eigenvalue weighted by molar-refractivity contribution is 6.31. The van der Waals surface area contributed by atoms with Crippen molar-refractivity contribution in [2.75, 3.05) is 6.61 Å². The maximum atomic E-state index is 12.4. The minimum Gasteiger partial charge on any atom is -0.454 e. The summed E-state index contributed by atoms with van der Waals surface area (Å²) in [5.74, 6) is -2.50. The number of nitrogens with one attached hydrogen (secondary N) is 1. The Bertz CT molecular complexity index is 956. The van der Waals surface area contributed by atoms with Crippen LogP contribution in [0.2, 0.25) is 5.02 Å². The molecule has 3 amide bonds. The van der Waals surface area contributed by atoms with Gasteiger partial charge in [-0.05, 0) is 37.6 Å². The van der Waals surface area contributed by atoms with Crippen LogP contribution in [0.5, 0.6) is 0 Å². The summed E-state index contributed by atoms with van der Waals surface area (Å²) in [6.45, 7) is 2.60. The summed E-state index contributed by atoms with van der Waals surface area (Å²) in [5, 5.41) is 3.20. The summed E-state index contributed by atoms with van der Waals surface area (Å²) in [4.78, 5) is 50.1. The average molecular weight is 415 g/mol. The molecule has 0 unspecified atom stereocenters. The number of halogens is 1. The largest absolute Gasteiger partial charge is 0.454 e. The molecule has 8 heteroatoms. The molecular formula is C21H19ClN2O5. The van der Waals surface area contributed by atoms with E-state index in [4.69, 9.17) is 16.3 Å². The molecule has 0 radical (unpaired) electrons. The van der Waals surface area contributed by atoms with Crippen LogP contribution < -0.4 is 5.32 Å². The number of imide groups is 1. The second kappa shape index (κ2) is 8.45. The molecule has 0 aromatic heterocycles. The zero-order valence-corrected chi connectivity index (χ0v) is 16.6. The van der Waals surface area contributed by atoms with Crippen LogP contribution in [0.25, 0.3) is 0 Å². The summed E-state index contributed by atoms with van der Waals surface area (Å²) in [6, 6.07) is 11.9. The molecule has 1 N–H and O–H groups in total. The predicted octanol–water partition coefficient (Wildman–Crippen LogP) is 2.75. The maximum Gasteiger partial charge on any atom is 0.329 e. The monoisotopic (exact) mass is 414 g/mol. The third kappa shape index (κ3) is 4.14. The van der Waals surface area contributed by atoms with E-state index in [1.807, 2.05) is 0 Å². The fourth-order valence-electron chi connectivity index (χ4n) is 3.11. The lowest BCUT2D eigenvalue weighted by atomic mass is 10.1. The molecule has 2 aromatic carbocycles. The van der Waals surface area contributed by atoms with Crippen molar-refractivity contribution in [1.29, 1.82) is 0 Å². The molecule has 150 valence electrons. The van der Waals surface area contributed by atoms with Gasteiger partial charge in [-0.2, -0.15) is 0 Å². The van der Waals surface area contributed by atoms with Crippen molar-refractivity contribution in [3.05, 3.63) is 70.2 Å². The number of fused-ring (bicyclic) bond motifs is 1. The molecule has 29 heavy (non-hydrogen) atoms. The molecule has 1 aliphatic heterocycles. The third-order valence-electron chi connectivity index (χ3n) is 4.65. The van der Waals surface area contributed by atoms with Gasteiger partial charge in [0, 0.05) is 5.02 Å². The lowest BCUT2D eigenvalue weighted by Gasteiger charge is -2.21. The lowest BCUT2D eigenvalue weighted by Crippen LogP contribution is -2.44. The van der Waals surface area contributed by atoms with Crippen LogP contribution in [0.4, 0.5) is 0 Å². The Balaban J connectivity index is 1.57. The molecule has 0 aliphatic carbocycles. The van der Waals surface area contributed by atoms with Gasteiger partial charge >= 0.3 is 5.97 Å². The number of ether oxygens (including phenoxy) is 1. The van der Waals surface area contributed by atoms with Crippen LogP contribution in [0.3, 0.4) is 0 Å². The normalized spacial score (nSPS) is 14.9. The quantitative estimate of drug-likeness (QED) is 0.579. The van der Waals surface area contributed by atoms with Gasteiger partial charge in [-0.25, -0.2) is 4.79 Å². The molecule has 3 rings (SSSR count). The van der Waals surface area contributed by atoms with E-state index in [2.05, 4.69) is 5.32 Å². The first kappa shape index (κ1) is 20.5. The first-order valence-corrected chi connectivity index (χ1v) is 9.36. The zero-order chi connectivity index (χ0) is 21.1. The topological polar surface area (TPSA) is 92.8 Å². The van der Waals surface area contributed by atoms with Gasteiger partial charge in [0.25, 0.3) is 17.7 Å². The van der Waals surface area contributed by atoms with Crippen LogP contribution >= 0.6 is 11.6 Å². The Kier molecular flexibility index (Phi) is 5.98. The lowest BCUT2D eigenvalue weighted by molar-refractivity contribution is -0.152. The van der Waals surface area contributed by atoms with Crippen molar-refractivity contribution < 1.29 is 23.9 Å². The third-order valence-corrected chi connectivity index (χ3v) is 4.99. The van der Waals surface area contributed by atoms with E-state index in [1.165, 1.54) is 19.1 Å². The Morgan fingerprint density at radius 3 is 2.14 bits per heavy atom. The van der Waals surface area contributed by atoms with Gasteiger partial charge < -0.3 is 10.1 Å². The molecular weight excluding hydrogens is 396 g/mol. The van der Waals surface area contributed by atoms with E-state index >= 15 is 0 Å². The fraction of sp³-hybridized carbons (Fsp3) is 0.238. The summed E-state index contributed by atoms with van der Waals surface area (Å²) in [6.07, 6.45) is 0. The number of carbonyl (C=O) groups excluding carboxylic acids is 4. The zero-order valence-electron chi connectivity index (χ0n) is 15.8. The van der Waals surface area contributed by atoms with E-state index in [9.17, 15) is 19.2 Å². The molecule has 0 saturated heterocycles. The highest BCUT2D eigenvalue weighted by atomic mass is 35.5. The predicted molar refractivity (Wildman–Crippen MR) is 105 cm³/mol. The van der Waals surface area contributed by atoms with Crippen molar-refractivity contribution in [3.8, 4) is 0 Å². The molecule has 0 spiro atoms. The number of benzene rings is 2. The number of hydrogen-bond acceptors (Lipinski definition) is 5. The van der Waals surface area contributed by atoms with Crippen molar-refractivity contribution in [2.45, 2.75) is 25.9 Å². The Morgan fingerprint density at radius 1 is 1.00 bits per heavy atom. The average Bonchev–Trinajstić information content (AvgIpc) is 2.96. The first-order chi connectivity index (χ1) is 13.8. The van der Waals surface area contributed by atoms with Gasteiger partial charge in [-0.15, -0.1) is 0 Å². The Morgan fingerprint density at radius 2 is 1.55 bits per heavy atom. The first-order valence-electron chi connectivity index (χ1n) is 8.98. The van der Waals surface area contributed by atoms with Gasteiger partial charge in [0.15, 0.2) is 6.61 Å². The second-order valence-electron chi connectivity index (χ2n) is 6.62. The van der Waals surface area contributed by atoms with Gasteiger partial charge in [0.1, 0.15) is 6.04 Å². The van der Waals surface area contributed by atoms with Crippen LogP contribution in [0.15, 0.2) is 48.5 Å². The van der Waals surface area contributed by atoms with E-state index in [-0.39, 0.29) is 17.2 Å². The highest BCUT2D eigenvalue weighted by Gasteiger charge is 2.41. The van der Waals surface area contributed by atoms with Crippen LogP contribution in [0.1, 0.15) is 46.2 Å². The van der Waals surface area contributed by atoms with Crippen molar-refractivity contribution in [1.82, 2.24) is 10.2 Å². The molecule has 7 nitrogen and oxygen atoms in total. The molecule has 1 aliphatic rings. The van der Waals surface area contributed by atoms with E-state index in [1.54, 1.807) is 43.3 Å². The molecule has 0 bridgehead atoms. The number of rotatable bonds is 6. The maximum absolute atomic E-state index is 12.4. The van der Waals surface area contributed by atoms with E-state index in [0.717, 1.165) is 10.5 Å². The van der Waals surface area contributed by atoms with Crippen molar-refractivity contribution >= 4 is 35.3 Å². The summed E-state index contributed by atoms with van der Waals surface area (Å²) < 4.78 is 5.01. The van der Waals surface area contributed by atoms with Gasteiger partial charge in [0.2, 0.25) is 0 Å². The minimum atomic E-state index is -1.16. The number of esters is 1. The summed E-state index contributed by atoms with van der Waals surface area (Å²) in [7, 11) is 0. The minimum absolute atomic E-state index is 0.239. The molecule has 0 fully saturated rings. The molecule has 0 saturated carbocycles. The SMILES string of the molecule is C[C@@H](NC(=O)COC(=O)[C@H](C)N1C(=O)c2ccccc2C1=O)c1ccccc1Cl. The highest BCUT2D eigenvalue weighted by Crippen LogP contribution is 2.25. The fourth-order valence-corrected chi connectivity index (χ4v) is 3.41. The number of amides is 3. The van der Waals surface area contributed by atoms with Gasteiger partial charge in [-0.3, -0.25) is 19.3 Å². The smallest absolute Gasteiger partial charge is 0.329 e.